The highest BCUT2D eigenvalue weighted by Crippen LogP contribution is 2.28. The van der Waals surface area contributed by atoms with E-state index in [4.69, 9.17) is 9.47 Å². The van der Waals surface area contributed by atoms with Crippen LogP contribution in [0.5, 0.6) is 17.4 Å². The summed E-state index contributed by atoms with van der Waals surface area (Å²) in [6.07, 6.45) is 1.70. The average Bonchev–Trinajstić information content (AvgIpc) is 3.14. The fourth-order valence-electron chi connectivity index (χ4n) is 3.14. The number of ether oxygens (including phenoxy) is 2. The van der Waals surface area contributed by atoms with Crippen molar-refractivity contribution in [3.63, 3.8) is 0 Å². The van der Waals surface area contributed by atoms with Crippen LogP contribution in [0.4, 0.5) is 5.69 Å². The highest BCUT2D eigenvalue weighted by atomic mass is 32.2. The molecule has 0 fully saturated rings. The smallest absolute Gasteiger partial charge is 0.265 e. The van der Waals surface area contributed by atoms with Gasteiger partial charge in [0.2, 0.25) is 5.88 Å². The molecule has 0 spiro atoms. The topological polar surface area (TPSA) is 108 Å². The quantitative estimate of drug-likeness (QED) is 0.436. The van der Waals surface area contributed by atoms with E-state index in [2.05, 4.69) is 19.9 Å². The lowest BCUT2D eigenvalue weighted by Crippen LogP contribution is -2.14. The Bertz CT molecular complexity index is 1380. The van der Waals surface area contributed by atoms with Gasteiger partial charge in [-0.1, -0.05) is 6.07 Å². The van der Waals surface area contributed by atoms with Crippen molar-refractivity contribution in [1.82, 2.24) is 19.7 Å². The summed E-state index contributed by atoms with van der Waals surface area (Å²) in [5.41, 5.74) is 3.11. The number of imidazole rings is 1. The van der Waals surface area contributed by atoms with Crippen LogP contribution in [0.25, 0.3) is 5.82 Å². The number of anilines is 1. The zero-order chi connectivity index (χ0) is 23.6. The summed E-state index contributed by atoms with van der Waals surface area (Å²) >= 11 is 0. The first kappa shape index (κ1) is 22.3. The lowest BCUT2D eigenvalue weighted by atomic mass is 10.2. The van der Waals surface area contributed by atoms with Crippen molar-refractivity contribution in [2.75, 3.05) is 11.8 Å². The molecule has 170 valence electrons. The average molecular weight is 466 g/mol. The standard InChI is InChI=1S/C23H23N5O4S/c1-15-5-10-20(31-4)21(13-15)33(29,30)27-18-6-8-19(9-7-18)32-23-12-11-22(25-26-23)28-14-24-16(2)17(28)3/h5-14,27H,1-4H3. The molecule has 0 aliphatic rings. The molecule has 0 unspecified atom stereocenters. The first-order chi connectivity index (χ1) is 15.8. The minimum absolute atomic E-state index is 0.0732. The van der Waals surface area contributed by atoms with Crippen LogP contribution in [-0.4, -0.2) is 35.3 Å². The number of aromatic nitrogens is 4. The Morgan fingerprint density at radius 3 is 2.30 bits per heavy atom. The molecule has 0 radical (unpaired) electrons. The van der Waals surface area contributed by atoms with E-state index in [0.717, 1.165) is 17.0 Å². The van der Waals surface area contributed by atoms with Crippen LogP contribution in [-0.2, 0) is 10.0 Å². The summed E-state index contributed by atoms with van der Waals surface area (Å²) in [7, 11) is -2.40. The molecule has 0 saturated carbocycles. The largest absolute Gasteiger partial charge is 0.495 e. The van der Waals surface area contributed by atoms with E-state index < -0.39 is 10.0 Å². The molecule has 0 atom stereocenters. The van der Waals surface area contributed by atoms with Gasteiger partial charge >= 0.3 is 0 Å². The summed E-state index contributed by atoms with van der Waals surface area (Å²) < 4.78 is 41.0. The van der Waals surface area contributed by atoms with Crippen LogP contribution in [0.3, 0.4) is 0 Å². The molecular weight excluding hydrogens is 442 g/mol. The second-order valence-electron chi connectivity index (χ2n) is 7.40. The summed E-state index contributed by atoms with van der Waals surface area (Å²) in [5, 5.41) is 8.29. The molecular formula is C23H23N5O4S. The van der Waals surface area contributed by atoms with Gasteiger partial charge in [0, 0.05) is 17.4 Å². The predicted molar refractivity (Wildman–Crippen MR) is 124 cm³/mol. The van der Waals surface area contributed by atoms with Gasteiger partial charge in [0.1, 0.15) is 22.7 Å². The van der Waals surface area contributed by atoms with Crippen LogP contribution in [0.1, 0.15) is 17.0 Å². The first-order valence-corrected chi connectivity index (χ1v) is 11.5. The normalized spacial score (nSPS) is 11.3. The number of benzene rings is 2. The second kappa shape index (κ2) is 8.91. The van der Waals surface area contributed by atoms with Crippen LogP contribution in [0.15, 0.2) is 65.8 Å². The molecule has 0 aliphatic carbocycles. The Hall–Kier alpha value is -3.92. The van der Waals surface area contributed by atoms with Crippen LogP contribution in [0.2, 0.25) is 0 Å². The first-order valence-electron chi connectivity index (χ1n) is 10.1. The number of methoxy groups -OCH3 is 1. The van der Waals surface area contributed by atoms with Crippen molar-refractivity contribution >= 4 is 15.7 Å². The van der Waals surface area contributed by atoms with Crippen molar-refractivity contribution in [2.45, 2.75) is 25.7 Å². The summed E-state index contributed by atoms with van der Waals surface area (Å²) in [6.45, 7) is 5.70. The van der Waals surface area contributed by atoms with Crippen LogP contribution in [0, 0.1) is 20.8 Å². The predicted octanol–water partition coefficient (Wildman–Crippen LogP) is 4.19. The molecule has 2 aromatic heterocycles. The van der Waals surface area contributed by atoms with E-state index in [1.54, 1.807) is 60.9 Å². The Morgan fingerprint density at radius 1 is 0.939 bits per heavy atom. The minimum atomic E-state index is -3.83. The number of hydrogen-bond donors (Lipinski definition) is 1. The maximum atomic E-state index is 12.8. The number of sulfonamides is 1. The SMILES string of the molecule is COc1ccc(C)cc1S(=O)(=O)Nc1ccc(Oc2ccc(-n3cnc(C)c3C)nn2)cc1. The third-order valence-corrected chi connectivity index (χ3v) is 6.46. The molecule has 0 bridgehead atoms. The number of nitrogens with zero attached hydrogens (tertiary/aromatic N) is 4. The molecule has 0 saturated heterocycles. The van der Waals surface area contributed by atoms with Crippen LogP contribution >= 0.6 is 0 Å². The van der Waals surface area contributed by atoms with E-state index in [-0.39, 0.29) is 10.6 Å². The van der Waals surface area contributed by atoms with Gasteiger partial charge in [-0.25, -0.2) is 13.4 Å². The van der Waals surface area contributed by atoms with Crippen molar-refractivity contribution in [1.29, 1.82) is 0 Å². The number of rotatable bonds is 7. The van der Waals surface area contributed by atoms with E-state index in [1.807, 2.05) is 25.3 Å². The zero-order valence-corrected chi connectivity index (χ0v) is 19.4. The molecule has 33 heavy (non-hydrogen) atoms. The highest BCUT2D eigenvalue weighted by Gasteiger charge is 2.20. The van der Waals surface area contributed by atoms with E-state index in [0.29, 0.717) is 23.1 Å². The molecule has 4 aromatic rings. The van der Waals surface area contributed by atoms with Gasteiger partial charge in [0.25, 0.3) is 10.0 Å². The van der Waals surface area contributed by atoms with Gasteiger partial charge in [0.05, 0.1) is 12.8 Å². The monoisotopic (exact) mass is 465 g/mol. The Kier molecular flexibility index (Phi) is 6.01. The summed E-state index contributed by atoms with van der Waals surface area (Å²) in [4.78, 5) is 4.33. The molecule has 2 heterocycles. The fraction of sp³-hybridized carbons (Fsp3) is 0.174. The number of hydrogen-bond acceptors (Lipinski definition) is 7. The Morgan fingerprint density at radius 2 is 1.70 bits per heavy atom. The second-order valence-corrected chi connectivity index (χ2v) is 9.05. The van der Waals surface area contributed by atoms with Crippen molar-refractivity contribution in [3.05, 3.63) is 77.9 Å². The third kappa shape index (κ3) is 4.80. The number of nitrogens with one attached hydrogen (secondary N) is 1. The molecule has 10 heteroatoms. The van der Waals surface area contributed by atoms with Gasteiger partial charge in [0.15, 0.2) is 5.82 Å². The van der Waals surface area contributed by atoms with Crippen molar-refractivity contribution in [3.8, 4) is 23.2 Å². The van der Waals surface area contributed by atoms with Crippen molar-refractivity contribution in [2.24, 2.45) is 0 Å². The lowest BCUT2D eigenvalue weighted by molar-refractivity contribution is 0.402. The number of aryl methyl sites for hydroxylation is 2. The Balaban J connectivity index is 1.47. The van der Waals surface area contributed by atoms with Gasteiger partial charge in [-0.3, -0.25) is 9.29 Å². The maximum absolute atomic E-state index is 12.8. The third-order valence-electron chi connectivity index (χ3n) is 5.06. The zero-order valence-electron chi connectivity index (χ0n) is 18.6. The lowest BCUT2D eigenvalue weighted by Gasteiger charge is -2.13. The van der Waals surface area contributed by atoms with Crippen molar-refractivity contribution < 1.29 is 17.9 Å². The summed E-state index contributed by atoms with van der Waals surface area (Å²) in [6, 6.07) is 15.0. The molecule has 9 nitrogen and oxygen atoms in total. The molecule has 4 rings (SSSR count). The maximum Gasteiger partial charge on any atom is 0.265 e. The van der Waals surface area contributed by atoms with Gasteiger partial charge < -0.3 is 9.47 Å². The molecule has 2 aromatic carbocycles. The van der Waals surface area contributed by atoms with E-state index in [9.17, 15) is 8.42 Å². The molecule has 1 N–H and O–H groups in total. The minimum Gasteiger partial charge on any atom is -0.495 e. The van der Waals surface area contributed by atoms with E-state index in [1.165, 1.54) is 7.11 Å². The molecule has 0 amide bonds. The summed E-state index contributed by atoms with van der Waals surface area (Å²) in [5.74, 6) is 1.71. The van der Waals surface area contributed by atoms with Gasteiger partial charge in [-0.05, 0) is 68.8 Å². The van der Waals surface area contributed by atoms with Gasteiger partial charge in [-0.15, -0.1) is 10.2 Å². The van der Waals surface area contributed by atoms with Crippen LogP contribution < -0.4 is 14.2 Å². The molecule has 0 aliphatic heterocycles. The van der Waals surface area contributed by atoms with Gasteiger partial charge in [-0.2, -0.15) is 0 Å². The highest BCUT2D eigenvalue weighted by molar-refractivity contribution is 7.92. The van der Waals surface area contributed by atoms with E-state index >= 15 is 0 Å². The fourth-order valence-corrected chi connectivity index (χ4v) is 4.46. The Labute approximate surface area is 192 Å².